The van der Waals surface area contributed by atoms with Crippen molar-refractivity contribution in [1.82, 2.24) is 0 Å². The molecule has 34 heavy (non-hydrogen) atoms. The summed E-state index contributed by atoms with van der Waals surface area (Å²) >= 11 is 0. The van der Waals surface area contributed by atoms with Crippen molar-refractivity contribution < 1.29 is 17.9 Å². The SMILES string of the molecule is [B]Cc1ccc(-c2ccc(-c3ccc(C4CCC(CCCCC)CO4)cc3F)cc2)c(F)c1F. The molecule has 3 aromatic rings. The number of unbranched alkanes of at least 4 members (excludes halogenated alkanes) is 2. The fourth-order valence-corrected chi connectivity index (χ4v) is 4.74. The predicted octanol–water partition coefficient (Wildman–Crippen LogP) is 8.15. The molecule has 0 spiro atoms. The van der Waals surface area contributed by atoms with Crippen molar-refractivity contribution in [1.29, 1.82) is 0 Å². The minimum Gasteiger partial charge on any atom is -0.373 e. The highest BCUT2D eigenvalue weighted by atomic mass is 19.2. The third kappa shape index (κ3) is 5.41. The van der Waals surface area contributed by atoms with Crippen molar-refractivity contribution in [2.24, 2.45) is 5.92 Å². The molecule has 0 bridgehead atoms. The Morgan fingerprint density at radius 1 is 0.853 bits per heavy atom. The van der Waals surface area contributed by atoms with E-state index in [-0.39, 0.29) is 29.4 Å². The van der Waals surface area contributed by atoms with Gasteiger partial charge in [0.05, 0.1) is 20.6 Å². The quantitative estimate of drug-likeness (QED) is 0.242. The van der Waals surface area contributed by atoms with Gasteiger partial charge in [-0.15, -0.1) is 0 Å². The number of ether oxygens (including phenoxy) is 1. The molecule has 2 radical (unpaired) electrons. The Bertz CT molecular complexity index is 1110. The van der Waals surface area contributed by atoms with Crippen LogP contribution < -0.4 is 0 Å². The fourth-order valence-electron chi connectivity index (χ4n) is 4.74. The standard InChI is InChI=1S/C29H30BF3O/c1-2-3-4-5-19-6-15-27(34-18-19)22-11-13-24(26(31)16-22)20-7-9-21(10-8-20)25-14-12-23(17-30)28(32)29(25)33/h7-14,16,19,27H,2-6,15,17-18H2,1H3. The van der Waals surface area contributed by atoms with Crippen molar-refractivity contribution >= 4 is 7.85 Å². The van der Waals surface area contributed by atoms with Crippen LogP contribution in [0, 0.1) is 23.4 Å². The molecule has 1 nitrogen and oxygen atoms in total. The smallest absolute Gasteiger partial charge is 0.166 e. The van der Waals surface area contributed by atoms with Crippen LogP contribution >= 0.6 is 0 Å². The lowest BCUT2D eigenvalue weighted by Gasteiger charge is -2.29. The van der Waals surface area contributed by atoms with Crippen molar-refractivity contribution in [3.8, 4) is 22.3 Å². The number of benzene rings is 3. The summed E-state index contributed by atoms with van der Waals surface area (Å²) in [5.41, 5.74) is 2.81. The largest absolute Gasteiger partial charge is 0.373 e. The molecule has 0 saturated carbocycles. The molecule has 1 aliphatic rings. The summed E-state index contributed by atoms with van der Waals surface area (Å²) in [6, 6.07) is 15.0. The highest BCUT2D eigenvalue weighted by Crippen LogP contribution is 2.35. The van der Waals surface area contributed by atoms with Crippen LogP contribution in [0.2, 0.25) is 0 Å². The summed E-state index contributed by atoms with van der Waals surface area (Å²) in [7, 11) is 5.44. The Labute approximate surface area is 201 Å². The van der Waals surface area contributed by atoms with Crippen molar-refractivity contribution in [2.75, 3.05) is 6.61 Å². The first-order valence-corrected chi connectivity index (χ1v) is 12.2. The van der Waals surface area contributed by atoms with Gasteiger partial charge in [0.2, 0.25) is 0 Å². The molecular weight excluding hydrogens is 432 g/mol. The molecule has 4 rings (SSSR count). The van der Waals surface area contributed by atoms with E-state index in [0.29, 0.717) is 22.6 Å². The molecule has 3 aromatic carbocycles. The van der Waals surface area contributed by atoms with E-state index in [1.54, 1.807) is 36.4 Å². The maximum atomic E-state index is 15.0. The van der Waals surface area contributed by atoms with Crippen LogP contribution in [0.5, 0.6) is 0 Å². The monoisotopic (exact) mass is 462 g/mol. The zero-order valence-electron chi connectivity index (χ0n) is 19.6. The Kier molecular flexibility index (Phi) is 8.15. The lowest BCUT2D eigenvalue weighted by Crippen LogP contribution is -2.20. The fraction of sp³-hybridized carbons (Fsp3) is 0.379. The van der Waals surface area contributed by atoms with Crippen molar-refractivity contribution in [3.63, 3.8) is 0 Å². The average molecular weight is 462 g/mol. The minimum atomic E-state index is -0.928. The van der Waals surface area contributed by atoms with Crippen molar-refractivity contribution in [3.05, 3.63) is 83.2 Å². The Morgan fingerprint density at radius 2 is 1.56 bits per heavy atom. The maximum Gasteiger partial charge on any atom is 0.166 e. The van der Waals surface area contributed by atoms with E-state index in [0.717, 1.165) is 25.0 Å². The molecule has 1 heterocycles. The summed E-state index contributed by atoms with van der Waals surface area (Å²) < 4.78 is 49.6. The number of halogens is 3. The Morgan fingerprint density at radius 3 is 2.18 bits per heavy atom. The van der Waals surface area contributed by atoms with Gasteiger partial charge in [0.25, 0.3) is 0 Å². The summed E-state index contributed by atoms with van der Waals surface area (Å²) in [5, 5.41) is 0. The van der Waals surface area contributed by atoms with Crippen LogP contribution in [0.3, 0.4) is 0 Å². The molecule has 0 aliphatic carbocycles. The van der Waals surface area contributed by atoms with Crippen LogP contribution in [-0.4, -0.2) is 14.5 Å². The van der Waals surface area contributed by atoms with Gasteiger partial charge in [0.1, 0.15) is 5.82 Å². The van der Waals surface area contributed by atoms with Gasteiger partial charge < -0.3 is 4.74 Å². The molecule has 0 aromatic heterocycles. The molecule has 1 aliphatic heterocycles. The second-order valence-electron chi connectivity index (χ2n) is 9.18. The second kappa shape index (κ2) is 11.3. The first kappa shape index (κ1) is 24.6. The topological polar surface area (TPSA) is 9.23 Å². The number of hydrogen-bond donors (Lipinski definition) is 0. The third-order valence-electron chi connectivity index (χ3n) is 6.84. The van der Waals surface area contributed by atoms with E-state index >= 15 is 4.39 Å². The number of hydrogen-bond acceptors (Lipinski definition) is 1. The molecule has 2 atom stereocenters. The molecule has 176 valence electrons. The normalized spacial score (nSPS) is 18.2. The van der Waals surface area contributed by atoms with Crippen LogP contribution in [0.4, 0.5) is 13.2 Å². The Hall–Kier alpha value is -2.53. The molecule has 1 saturated heterocycles. The van der Waals surface area contributed by atoms with Gasteiger partial charge in [-0.25, -0.2) is 13.2 Å². The van der Waals surface area contributed by atoms with E-state index in [2.05, 4.69) is 6.92 Å². The summed E-state index contributed by atoms with van der Waals surface area (Å²) in [4.78, 5) is 0. The van der Waals surface area contributed by atoms with Crippen LogP contribution in [0.25, 0.3) is 22.3 Å². The van der Waals surface area contributed by atoms with Crippen LogP contribution in [0.1, 0.15) is 62.7 Å². The van der Waals surface area contributed by atoms with Gasteiger partial charge in [-0.2, -0.15) is 0 Å². The van der Waals surface area contributed by atoms with Crippen molar-refractivity contribution in [2.45, 2.75) is 57.9 Å². The van der Waals surface area contributed by atoms with Gasteiger partial charge in [-0.1, -0.05) is 81.0 Å². The van der Waals surface area contributed by atoms with Crippen LogP contribution in [0.15, 0.2) is 54.6 Å². The highest BCUT2D eigenvalue weighted by molar-refractivity contribution is 6.08. The molecule has 0 N–H and O–H groups in total. The lowest BCUT2D eigenvalue weighted by atomic mass is 9.90. The van der Waals surface area contributed by atoms with E-state index in [1.165, 1.54) is 37.8 Å². The van der Waals surface area contributed by atoms with Gasteiger partial charge >= 0.3 is 0 Å². The lowest BCUT2D eigenvalue weighted by molar-refractivity contribution is -0.0200. The van der Waals surface area contributed by atoms with Gasteiger partial charge in [-0.3, -0.25) is 0 Å². The minimum absolute atomic E-state index is 0.0668. The summed E-state index contributed by atoms with van der Waals surface area (Å²) in [6.07, 6.45) is 6.83. The molecule has 1 fully saturated rings. The molecule has 5 heteroatoms. The maximum absolute atomic E-state index is 15.0. The van der Waals surface area contributed by atoms with Gasteiger partial charge in [0.15, 0.2) is 11.6 Å². The first-order valence-electron chi connectivity index (χ1n) is 12.2. The zero-order chi connectivity index (χ0) is 24.1. The Balaban J connectivity index is 1.45. The number of rotatable bonds is 8. The van der Waals surface area contributed by atoms with E-state index in [1.807, 2.05) is 6.07 Å². The zero-order valence-corrected chi connectivity index (χ0v) is 19.6. The van der Waals surface area contributed by atoms with E-state index < -0.39 is 11.6 Å². The third-order valence-corrected chi connectivity index (χ3v) is 6.84. The molecule has 2 unspecified atom stereocenters. The molecular formula is C29H30BF3O. The second-order valence-corrected chi connectivity index (χ2v) is 9.18. The van der Waals surface area contributed by atoms with E-state index in [9.17, 15) is 8.78 Å². The summed E-state index contributed by atoms with van der Waals surface area (Å²) in [5.74, 6) is -1.56. The predicted molar refractivity (Wildman–Crippen MR) is 132 cm³/mol. The molecule has 0 amide bonds. The van der Waals surface area contributed by atoms with Crippen LogP contribution in [-0.2, 0) is 11.1 Å². The average Bonchev–Trinajstić information content (AvgIpc) is 2.86. The first-order chi connectivity index (χ1) is 16.5. The summed E-state index contributed by atoms with van der Waals surface area (Å²) in [6.45, 7) is 2.95. The van der Waals surface area contributed by atoms with E-state index in [4.69, 9.17) is 12.6 Å². The van der Waals surface area contributed by atoms with Gasteiger partial charge in [-0.05, 0) is 53.5 Å². The highest BCUT2D eigenvalue weighted by Gasteiger charge is 2.23. The van der Waals surface area contributed by atoms with Gasteiger partial charge in [0, 0.05) is 11.1 Å².